The van der Waals surface area contributed by atoms with Crippen LogP contribution >= 0.6 is 31.9 Å². The van der Waals surface area contributed by atoms with Gasteiger partial charge in [0.05, 0.1) is 16.5 Å². The fourth-order valence-electron chi connectivity index (χ4n) is 3.94. The van der Waals surface area contributed by atoms with Gasteiger partial charge in [0.2, 0.25) is 10.0 Å². The van der Waals surface area contributed by atoms with Crippen LogP contribution in [0.4, 0.5) is 13.2 Å². The largest absolute Gasteiger partial charge is 0.496 e. The number of rotatable bonds is 10. The van der Waals surface area contributed by atoms with E-state index in [0.717, 1.165) is 25.2 Å². The minimum Gasteiger partial charge on any atom is -0.496 e. The van der Waals surface area contributed by atoms with Crippen molar-refractivity contribution in [3.8, 4) is 5.75 Å². The molecule has 3 saturated carbocycles. The van der Waals surface area contributed by atoms with Crippen LogP contribution in [0.3, 0.4) is 0 Å². The smallest absolute Gasteiger partial charge is 0.389 e. The lowest BCUT2D eigenvalue weighted by Crippen LogP contribution is -2.68. The molecule has 0 spiro atoms. The van der Waals surface area contributed by atoms with Gasteiger partial charge >= 0.3 is 6.18 Å². The van der Waals surface area contributed by atoms with Crippen molar-refractivity contribution in [3.63, 3.8) is 0 Å². The third kappa shape index (κ3) is 5.66. The third-order valence-corrected chi connectivity index (χ3v) is 8.69. The molecule has 5 nitrogen and oxygen atoms in total. The molecule has 0 aliphatic heterocycles. The Bertz CT molecular complexity index is 848. The van der Waals surface area contributed by atoms with Crippen LogP contribution in [0, 0.1) is 5.92 Å². The Balaban J connectivity index is 1.71. The van der Waals surface area contributed by atoms with Gasteiger partial charge in [0.25, 0.3) is 0 Å². The van der Waals surface area contributed by atoms with Crippen LogP contribution in [0.1, 0.15) is 38.5 Å². The zero-order valence-corrected chi connectivity index (χ0v) is 19.8. The Morgan fingerprint density at radius 2 is 1.90 bits per heavy atom. The fourth-order valence-corrected chi connectivity index (χ4v) is 7.08. The van der Waals surface area contributed by atoms with E-state index in [-0.39, 0.29) is 23.3 Å². The van der Waals surface area contributed by atoms with Crippen molar-refractivity contribution in [1.82, 2.24) is 10.0 Å². The maximum absolute atomic E-state index is 13.0. The molecule has 0 heterocycles. The van der Waals surface area contributed by atoms with E-state index in [4.69, 9.17) is 4.74 Å². The van der Waals surface area contributed by atoms with Gasteiger partial charge in [-0.05, 0) is 75.9 Å². The lowest BCUT2D eigenvalue weighted by molar-refractivity contribution is -0.135. The van der Waals surface area contributed by atoms with Crippen molar-refractivity contribution in [3.05, 3.63) is 21.1 Å². The van der Waals surface area contributed by atoms with Crippen molar-refractivity contribution in [2.45, 2.75) is 61.2 Å². The fraction of sp³-hybridized carbons (Fsp3) is 0.667. The van der Waals surface area contributed by atoms with Crippen molar-refractivity contribution in [2.24, 2.45) is 5.92 Å². The van der Waals surface area contributed by atoms with Crippen LogP contribution in [-0.2, 0) is 10.0 Å². The maximum Gasteiger partial charge on any atom is 0.389 e. The summed E-state index contributed by atoms with van der Waals surface area (Å²) in [6.07, 6.45) is -2.06. The van der Waals surface area contributed by atoms with Crippen LogP contribution in [0.15, 0.2) is 26.0 Å². The van der Waals surface area contributed by atoms with Crippen LogP contribution < -0.4 is 14.8 Å². The van der Waals surface area contributed by atoms with Gasteiger partial charge in [0, 0.05) is 35.1 Å². The lowest BCUT2D eigenvalue weighted by atomic mass is 9.50. The molecule has 3 fully saturated rings. The molecule has 3 aliphatic rings. The van der Waals surface area contributed by atoms with E-state index in [9.17, 15) is 21.6 Å². The molecule has 1 aromatic carbocycles. The van der Waals surface area contributed by atoms with Crippen LogP contribution in [0.5, 0.6) is 5.75 Å². The van der Waals surface area contributed by atoms with Gasteiger partial charge in [-0.25, -0.2) is 13.1 Å². The van der Waals surface area contributed by atoms with Gasteiger partial charge < -0.3 is 10.1 Å². The summed E-state index contributed by atoms with van der Waals surface area (Å²) in [5.41, 5.74) is 0.0554. The Morgan fingerprint density at radius 1 is 1.24 bits per heavy atom. The molecule has 0 radical (unpaired) electrons. The second kappa shape index (κ2) is 8.64. The molecule has 164 valence electrons. The van der Waals surface area contributed by atoms with Gasteiger partial charge in [-0.2, -0.15) is 13.2 Å². The molecule has 0 aromatic heterocycles. The summed E-state index contributed by atoms with van der Waals surface area (Å²) in [6, 6.07) is 2.29. The number of halogens is 5. The Morgan fingerprint density at radius 3 is 2.41 bits per heavy atom. The molecular formula is C18H23Br2F3N2O3S. The first-order valence-electron chi connectivity index (χ1n) is 9.30. The highest BCUT2D eigenvalue weighted by Gasteiger charge is 2.56. The second-order valence-corrected chi connectivity index (χ2v) is 11.3. The quantitative estimate of drug-likeness (QED) is 0.431. The summed E-state index contributed by atoms with van der Waals surface area (Å²) < 4.78 is 72.2. The Hall–Kier alpha value is -0.360. The van der Waals surface area contributed by atoms with Crippen LogP contribution in [-0.4, -0.2) is 39.8 Å². The number of ether oxygens (including phenoxy) is 1. The standard InChI is InChI=1S/C18H23Br2F3N2O3S/c1-28-15-6-16(14(20)5-13(15)19)29(26,27)25-12(3-2-4-18(21,22)23)10-24-17-7-11(8-17)9-17/h5-6,11-12,24-25H,2-4,7-10H2,1H3/t11?,12-,17?/m1/s1. The summed E-state index contributed by atoms with van der Waals surface area (Å²) >= 11 is 6.53. The monoisotopic (exact) mass is 562 g/mol. The first-order chi connectivity index (χ1) is 13.4. The highest BCUT2D eigenvalue weighted by molar-refractivity contribution is 9.11. The number of sulfonamides is 1. The molecule has 1 aromatic rings. The second-order valence-electron chi connectivity index (χ2n) is 7.88. The SMILES string of the molecule is COc1cc(S(=O)(=O)N[C@H](CCCC(F)(F)F)CNC23CC(C2)C3)c(Br)cc1Br. The molecule has 11 heteroatoms. The van der Waals surface area contributed by atoms with Gasteiger partial charge in [-0.3, -0.25) is 0 Å². The Kier molecular flexibility index (Phi) is 6.95. The van der Waals surface area contributed by atoms with Gasteiger partial charge in [0.15, 0.2) is 0 Å². The first kappa shape index (κ1) is 23.3. The molecule has 3 aliphatic carbocycles. The highest BCUT2D eigenvalue weighted by Crippen LogP contribution is 2.56. The van der Waals surface area contributed by atoms with Crippen molar-refractivity contribution >= 4 is 41.9 Å². The molecule has 2 N–H and O–H groups in total. The molecule has 0 saturated heterocycles. The zero-order chi connectivity index (χ0) is 21.4. The molecule has 0 unspecified atom stereocenters. The molecular weight excluding hydrogens is 541 g/mol. The maximum atomic E-state index is 13.0. The van der Waals surface area contributed by atoms with Crippen molar-refractivity contribution in [1.29, 1.82) is 0 Å². The zero-order valence-electron chi connectivity index (χ0n) is 15.8. The van der Waals surface area contributed by atoms with E-state index in [2.05, 4.69) is 41.9 Å². The van der Waals surface area contributed by atoms with E-state index in [1.165, 1.54) is 13.2 Å². The van der Waals surface area contributed by atoms with Gasteiger partial charge in [-0.15, -0.1) is 0 Å². The third-order valence-electron chi connectivity index (χ3n) is 5.59. The molecule has 2 bridgehead atoms. The van der Waals surface area contributed by atoms with E-state index in [1.54, 1.807) is 6.07 Å². The molecule has 4 rings (SSSR count). The minimum atomic E-state index is -4.26. The first-order valence-corrected chi connectivity index (χ1v) is 12.4. The van der Waals surface area contributed by atoms with E-state index < -0.39 is 28.7 Å². The van der Waals surface area contributed by atoms with E-state index in [0.29, 0.717) is 21.2 Å². The average molecular weight is 564 g/mol. The van der Waals surface area contributed by atoms with Crippen LogP contribution in [0.2, 0.25) is 0 Å². The van der Waals surface area contributed by atoms with E-state index >= 15 is 0 Å². The molecule has 1 atom stereocenters. The Labute approximate surface area is 185 Å². The molecule has 0 amide bonds. The van der Waals surface area contributed by atoms with Crippen molar-refractivity contribution in [2.75, 3.05) is 13.7 Å². The average Bonchev–Trinajstić information content (AvgIpc) is 2.50. The van der Waals surface area contributed by atoms with Crippen LogP contribution in [0.25, 0.3) is 0 Å². The summed E-state index contributed by atoms with van der Waals surface area (Å²) in [6.45, 7) is 0.301. The van der Waals surface area contributed by atoms with Gasteiger partial charge in [-0.1, -0.05) is 0 Å². The highest BCUT2D eigenvalue weighted by atomic mass is 79.9. The number of hydrogen-bond donors (Lipinski definition) is 2. The summed E-state index contributed by atoms with van der Waals surface area (Å²) in [5.74, 6) is 1.09. The van der Waals surface area contributed by atoms with Gasteiger partial charge in [0.1, 0.15) is 5.75 Å². The number of methoxy groups -OCH3 is 1. The number of nitrogens with one attached hydrogen (secondary N) is 2. The summed E-state index contributed by atoms with van der Waals surface area (Å²) in [7, 11) is -2.55. The predicted molar refractivity (Wildman–Crippen MR) is 110 cm³/mol. The number of benzene rings is 1. The summed E-state index contributed by atoms with van der Waals surface area (Å²) in [5, 5.41) is 3.38. The number of hydrogen-bond acceptors (Lipinski definition) is 4. The minimum absolute atomic E-state index is 0.0242. The normalized spacial score (nSPS) is 24.6. The topological polar surface area (TPSA) is 67.4 Å². The summed E-state index contributed by atoms with van der Waals surface area (Å²) in [4.78, 5) is -0.0242. The number of alkyl halides is 3. The lowest BCUT2D eigenvalue weighted by Gasteiger charge is -2.62. The molecule has 29 heavy (non-hydrogen) atoms. The van der Waals surface area contributed by atoms with Crippen molar-refractivity contribution < 1.29 is 26.3 Å². The van der Waals surface area contributed by atoms with E-state index in [1.807, 2.05) is 0 Å². The predicted octanol–water partition coefficient (Wildman–Crippen LogP) is 4.74.